The summed E-state index contributed by atoms with van der Waals surface area (Å²) in [7, 11) is 0. The average Bonchev–Trinajstić information content (AvgIpc) is 2.32. The first-order chi connectivity index (χ1) is 5.49. The van der Waals surface area contributed by atoms with E-state index in [9.17, 15) is 13.2 Å². The van der Waals surface area contributed by atoms with Crippen molar-refractivity contribution in [2.24, 2.45) is 5.73 Å². The third kappa shape index (κ3) is 2.98. The standard InChI is InChI=1S/C7H12F3NO/c8-7(9,10)4-5(11)6-2-1-3-12-6/h5-6H,1-4,11H2/t5-,6?/m1/s1. The summed E-state index contributed by atoms with van der Waals surface area (Å²) >= 11 is 0. The largest absolute Gasteiger partial charge is 0.390 e. The Kier molecular flexibility index (Phi) is 2.95. The second-order valence-electron chi connectivity index (χ2n) is 3.03. The fourth-order valence-electron chi connectivity index (χ4n) is 1.34. The highest BCUT2D eigenvalue weighted by atomic mass is 19.4. The van der Waals surface area contributed by atoms with Gasteiger partial charge in [0.25, 0.3) is 0 Å². The first-order valence-corrected chi connectivity index (χ1v) is 3.93. The molecule has 0 aromatic rings. The van der Waals surface area contributed by atoms with Crippen LogP contribution < -0.4 is 5.73 Å². The van der Waals surface area contributed by atoms with Crippen molar-refractivity contribution in [2.45, 2.75) is 37.6 Å². The highest BCUT2D eigenvalue weighted by Gasteiger charge is 2.35. The Morgan fingerprint density at radius 1 is 1.50 bits per heavy atom. The normalized spacial score (nSPS) is 27.5. The number of alkyl halides is 3. The van der Waals surface area contributed by atoms with Crippen molar-refractivity contribution in [1.29, 1.82) is 0 Å². The second-order valence-corrected chi connectivity index (χ2v) is 3.03. The molecular weight excluding hydrogens is 171 g/mol. The molecule has 72 valence electrons. The lowest BCUT2D eigenvalue weighted by molar-refractivity contribution is -0.144. The van der Waals surface area contributed by atoms with Gasteiger partial charge >= 0.3 is 6.18 Å². The fraction of sp³-hybridized carbons (Fsp3) is 1.00. The van der Waals surface area contributed by atoms with Crippen molar-refractivity contribution in [3.63, 3.8) is 0 Å². The maximum atomic E-state index is 11.8. The van der Waals surface area contributed by atoms with Gasteiger partial charge in [0.1, 0.15) is 0 Å². The molecule has 0 aromatic heterocycles. The van der Waals surface area contributed by atoms with Crippen LogP contribution in [0.2, 0.25) is 0 Å². The number of halogens is 3. The summed E-state index contributed by atoms with van der Waals surface area (Å²) in [4.78, 5) is 0. The SMILES string of the molecule is N[C@H](CC(F)(F)F)C1CCCO1. The van der Waals surface area contributed by atoms with Crippen LogP contribution in [-0.4, -0.2) is 24.9 Å². The molecule has 0 amide bonds. The van der Waals surface area contributed by atoms with Crippen LogP contribution >= 0.6 is 0 Å². The first-order valence-electron chi connectivity index (χ1n) is 3.93. The quantitative estimate of drug-likeness (QED) is 0.703. The van der Waals surface area contributed by atoms with Gasteiger partial charge in [0, 0.05) is 12.6 Å². The molecule has 1 rings (SSSR count). The van der Waals surface area contributed by atoms with Crippen molar-refractivity contribution >= 4 is 0 Å². The Hall–Kier alpha value is -0.290. The summed E-state index contributed by atoms with van der Waals surface area (Å²) < 4.78 is 40.5. The van der Waals surface area contributed by atoms with Gasteiger partial charge in [0.15, 0.2) is 0 Å². The number of hydrogen-bond acceptors (Lipinski definition) is 2. The molecule has 2 nitrogen and oxygen atoms in total. The summed E-state index contributed by atoms with van der Waals surface area (Å²) in [5.74, 6) is 0. The summed E-state index contributed by atoms with van der Waals surface area (Å²) in [6.45, 7) is 0.538. The minimum absolute atomic E-state index is 0.397. The lowest BCUT2D eigenvalue weighted by Gasteiger charge is -2.19. The van der Waals surface area contributed by atoms with Crippen LogP contribution in [0.4, 0.5) is 13.2 Å². The lowest BCUT2D eigenvalue weighted by Crippen LogP contribution is -2.38. The molecule has 1 heterocycles. The summed E-state index contributed by atoms with van der Waals surface area (Å²) in [5, 5.41) is 0. The average molecular weight is 183 g/mol. The van der Waals surface area contributed by atoms with Crippen LogP contribution in [0.25, 0.3) is 0 Å². The van der Waals surface area contributed by atoms with E-state index in [0.29, 0.717) is 13.0 Å². The molecule has 0 aromatic carbocycles. The van der Waals surface area contributed by atoms with E-state index in [4.69, 9.17) is 10.5 Å². The van der Waals surface area contributed by atoms with Crippen molar-refractivity contribution in [3.05, 3.63) is 0 Å². The maximum absolute atomic E-state index is 11.8. The Morgan fingerprint density at radius 3 is 2.58 bits per heavy atom. The Morgan fingerprint density at radius 2 is 2.17 bits per heavy atom. The van der Waals surface area contributed by atoms with Gasteiger partial charge in [-0.3, -0.25) is 0 Å². The zero-order valence-electron chi connectivity index (χ0n) is 6.60. The van der Waals surface area contributed by atoms with Gasteiger partial charge in [-0.15, -0.1) is 0 Å². The predicted molar refractivity (Wildman–Crippen MR) is 37.6 cm³/mol. The van der Waals surface area contributed by atoms with Crippen molar-refractivity contribution in [3.8, 4) is 0 Å². The van der Waals surface area contributed by atoms with Crippen LogP contribution in [0.15, 0.2) is 0 Å². The fourth-order valence-corrected chi connectivity index (χ4v) is 1.34. The molecule has 0 radical (unpaired) electrons. The first kappa shape index (κ1) is 9.80. The summed E-state index contributed by atoms with van der Waals surface area (Å²) in [6, 6.07) is -0.896. The lowest BCUT2D eigenvalue weighted by atomic mass is 10.1. The van der Waals surface area contributed by atoms with Gasteiger partial charge in [-0.05, 0) is 12.8 Å². The molecule has 0 spiro atoms. The zero-order valence-corrected chi connectivity index (χ0v) is 6.60. The highest BCUT2D eigenvalue weighted by molar-refractivity contribution is 4.79. The number of ether oxygens (including phenoxy) is 1. The summed E-state index contributed by atoms with van der Waals surface area (Å²) in [6.07, 6.45) is -4.05. The van der Waals surface area contributed by atoms with E-state index in [1.165, 1.54) is 0 Å². The second kappa shape index (κ2) is 3.62. The highest BCUT2D eigenvalue weighted by Crippen LogP contribution is 2.25. The molecular formula is C7H12F3NO. The third-order valence-electron chi connectivity index (χ3n) is 1.91. The monoisotopic (exact) mass is 183 g/mol. The van der Waals surface area contributed by atoms with Crippen LogP contribution in [-0.2, 0) is 4.74 Å². The van der Waals surface area contributed by atoms with Crippen molar-refractivity contribution < 1.29 is 17.9 Å². The predicted octanol–water partition coefficient (Wildman–Crippen LogP) is 1.45. The van der Waals surface area contributed by atoms with Gasteiger partial charge in [0.2, 0.25) is 0 Å². The molecule has 12 heavy (non-hydrogen) atoms. The van der Waals surface area contributed by atoms with Crippen molar-refractivity contribution in [1.82, 2.24) is 0 Å². The molecule has 1 aliphatic rings. The van der Waals surface area contributed by atoms with E-state index >= 15 is 0 Å². The summed E-state index contributed by atoms with van der Waals surface area (Å²) in [5.41, 5.74) is 5.32. The van der Waals surface area contributed by atoms with Gasteiger partial charge in [0.05, 0.1) is 12.5 Å². The molecule has 0 bridgehead atoms. The van der Waals surface area contributed by atoms with Crippen LogP contribution in [0.1, 0.15) is 19.3 Å². The molecule has 2 atom stereocenters. The Bertz CT molecular complexity index is 142. The van der Waals surface area contributed by atoms with Gasteiger partial charge in [-0.1, -0.05) is 0 Å². The molecule has 0 saturated carbocycles. The topological polar surface area (TPSA) is 35.2 Å². The van der Waals surface area contributed by atoms with E-state index in [1.54, 1.807) is 0 Å². The van der Waals surface area contributed by atoms with Gasteiger partial charge in [-0.25, -0.2) is 0 Å². The van der Waals surface area contributed by atoms with E-state index in [1.807, 2.05) is 0 Å². The Balaban J connectivity index is 2.31. The molecule has 1 saturated heterocycles. The van der Waals surface area contributed by atoms with Crippen LogP contribution in [0.3, 0.4) is 0 Å². The minimum atomic E-state index is -4.18. The molecule has 1 fully saturated rings. The zero-order chi connectivity index (χ0) is 9.19. The maximum Gasteiger partial charge on any atom is 0.390 e. The van der Waals surface area contributed by atoms with E-state index < -0.39 is 24.7 Å². The minimum Gasteiger partial charge on any atom is -0.377 e. The number of nitrogens with two attached hydrogens (primary N) is 1. The molecule has 2 N–H and O–H groups in total. The van der Waals surface area contributed by atoms with Crippen LogP contribution in [0.5, 0.6) is 0 Å². The number of hydrogen-bond donors (Lipinski definition) is 1. The smallest absolute Gasteiger partial charge is 0.377 e. The van der Waals surface area contributed by atoms with E-state index in [0.717, 1.165) is 6.42 Å². The van der Waals surface area contributed by atoms with Crippen molar-refractivity contribution in [2.75, 3.05) is 6.61 Å². The van der Waals surface area contributed by atoms with E-state index in [2.05, 4.69) is 0 Å². The van der Waals surface area contributed by atoms with Gasteiger partial charge in [-0.2, -0.15) is 13.2 Å². The number of rotatable bonds is 2. The van der Waals surface area contributed by atoms with Gasteiger partial charge < -0.3 is 10.5 Å². The molecule has 1 aliphatic heterocycles. The molecule has 0 aliphatic carbocycles. The molecule has 1 unspecified atom stereocenters. The third-order valence-corrected chi connectivity index (χ3v) is 1.91. The van der Waals surface area contributed by atoms with E-state index in [-0.39, 0.29) is 0 Å². The van der Waals surface area contributed by atoms with Crippen LogP contribution in [0, 0.1) is 0 Å². The molecule has 5 heteroatoms. The Labute approximate surface area is 68.9 Å².